The van der Waals surface area contributed by atoms with Crippen LogP contribution in [0.15, 0.2) is 17.6 Å². The van der Waals surface area contributed by atoms with Crippen molar-refractivity contribution >= 4 is 34.8 Å². The van der Waals surface area contributed by atoms with Crippen molar-refractivity contribution in [1.82, 2.24) is 20.2 Å². The molecule has 1 aliphatic rings. The van der Waals surface area contributed by atoms with Crippen LogP contribution in [0.3, 0.4) is 0 Å². The fourth-order valence-corrected chi connectivity index (χ4v) is 4.15. The third kappa shape index (κ3) is 4.34. The minimum absolute atomic E-state index is 0.238. The quantitative estimate of drug-likeness (QED) is 0.783. The molecule has 0 spiro atoms. The number of aromatic nitrogens is 2. The van der Waals surface area contributed by atoms with Crippen LogP contribution in [0.1, 0.15) is 34.8 Å². The Bertz CT molecular complexity index is 762. The lowest BCUT2D eigenvalue weighted by atomic mass is 10.1. The smallest absolute Gasteiger partial charge is 0.271 e. The van der Waals surface area contributed by atoms with E-state index < -0.39 is 0 Å². The number of amides is 1. The van der Waals surface area contributed by atoms with Gasteiger partial charge in [0.2, 0.25) is 5.95 Å². The summed E-state index contributed by atoms with van der Waals surface area (Å²) in [5, 5.41) is 5.37. The van der Waals surface area contributed by atoms with Crippen LogP contribution >= 0.6 is 22.9 Å². The number of rotatable bonds is 7. The van der Waals surface area contributed by atoms with E-state index in [1.54, 1.807) is 0 Å². The Morgan fingerprint density at radius 2 is 2.23 bits per heavy atom. The Morgan fingerprint density at radius 3 is 3.00 bits per heavy atom. The van der Waals surface area contributed by atoms with Crippen LogP contribution in [-0.4, -0.2) is 53.5 Å². The summed E-state index contributed by atoms with van der Waals surface area (Å²) >= 11 is 7.97. The number of fused-ring (bicyclic) bond motifs is 1. The Labute approximate surface area is 163 Å². The number of nitrogens with zero attached hydrogens (tertiary/aromatic N) is 4. The average Bonchev–Trinajstić information content (AvgIpc) is 3.11. The summed E-state index contributed by atoms with van der Waals surface area (Å²) in [6.07, 6.45) is 2.59. The molecule has 3 heterocycles. The van der Waals surface area contributed by atoms with Crippen molar-refractivity contribution in [1.29, 1.82) is 0 Å². The number of nitrogens with one attached hydrogen (secondary N) is 1. The zero-order valence-corrected chi connectivity index (χ0v) is 16.7. The van der Waals surface area contributed by atoms with Gasteiger partial charge in [-0.15, -0.1) is 11.3 Å². The van der Waals surface area contributed by atoms with Gasteiger partial charge in [-0.2, -0.15) is 0 Å². The van der Waals surface area contributed by atoms with Crippen LogP contribution in [0.2, 0.25) is 5.02 Å². The first-order valence-corrected chi connectivity index (χ1v) is 10.2. The van der Waals surface area contributed by atoms with Gasteiger partial charge in [0.25, 0.3) is 5.91 Å². The molecule has 26 heavy (non-hydrogen) atoms. The van der Waals surface area contributed by atoms with Crippen molar-refractivity contribution in [2.45, 2.75) is 26.8 Å². The summed E-state index contributed by atoms with van der Waals surface area (Å²) < 4.78 is 0. The van der Waals surface area contributed by atoms with Crippen molar-refractivity contribution in [3.63, 3.8) is 0 Å². The predicted molar refractivity (Wildman–Crippen MR) is 106 cm³/mol. The molecule has 140 valence electrons. The number of hydrogen-bond donors (Lipinski definition) is 1. The third-order valence-electron chi connectivity index (χ3n) is 4.59. The largest absolute Gasteiger partial charge is 0.349 e. The molecule has 2 aromatic rings. The number of carbonyl (C=O) groups is 1. The molecule has 1 amide bonds. The van der Waals surface area contributed by atoms with Gasteiger partial charge in [0, 0.05) is 44.1 Å². The molecule has 0 radical (unpaired) electrons. The maximum Gasteiger partial charge on any atom is 0.271 e. The van der Waals surface area contributed by atoms with Crippen LogP contribution < -0.4 is 10.2 Å². The van der Waals surface area contributed by atoms with E-state index in [1.807, 2.05) is 30.1 Å². The number of thiophene rings is 1. The first kappa shape index (κ1) is 19.1. The second-order valence-electron chi connectivity index (χ2n) is 6.19. The highest BCUT2D eigenvalue weighted by atomic mass is 35.5. The van der Waals surface area contributed by atoms with E-state index in [9.17, 15) is 4.79 Å². The predicted octanol–water partition coefficient (Wildman–Crippen LogP) is 2.83. The maximum absolute atomic E-state index is 12.5. The van der Waals surface area contributed by atoms with Crippen LogP contribution in [0, 0.1) is 0 Å². The first-order chi connectivity index (χ1) is 12.6. The molecule has 1 aliphatic heterocycles. The normalized spacial score (nSPS) is 14.1. The van der Waals surface area contributed by atoms with E-state index >= 15 is 0 Å². The van der Waals surface area contributed by atoms with Gasteiger partial charge >= 0.3 is 0 Å². The van der Waals surface area contributed by atoms with Gasteiger partial charge < -0.3 is 10.2 Å². The topological polar surface area (TPSA) is 61.4 Å². The van der Waals surface area contributed by atoms with E-state index in [-0.39, 0.29) is 16.6 Å². The molecule has 0 unspecified atom stereocenters. The monoisotopic (exact) mass is 393 g/mol. The molecular formula is C18H24ClN5OS. The molecule has 0 atom stereocenters. The van der Waals surface area contributed by atoms with Gasteiger partial charge in [0.15, 0.2) is 5.69 Å². The molecule has 8 heteroatoms. The Balaban J connectivity index is 1.56. The zero-order chi connectivity index (χ0) is 18.5. The van der Waals surface area contributed by atoms with Gasteiger partial charge in [-0.25, -0.2) is 9.97 Å². The molecule has 0 bridgehead atoms. The zero-order valence-electron chi connectivity index (χ0n) is 15.2. The van der Waals surface area contributed by atoms with Crippen molar-refractivity contribution in [2.75, 3.05) is 37.6 Å². The second-order valence-corrected chi connectivity index (χ2v) is 7.60. The highest BCUT2D eigenvalue weighted by Gasteiger charge is 2.19. The summed E-state index contributed by atoms with van der Waals surface area (Å²) in [7, 11) is 0. The van der Waals surface area contributed by atoms with Crippen LogP contribution in [0.4, 0.5) is 5.95 Å². The molecule has 0 saturated heterocycles. The van der Waals surface area contributed by atoms with E-state index in [2.05, 4.69) is 31.6 Å². The summed E-state index contributed by atoms with van der Waals surface area (Å²) in [4.78, 5) is 26.9. The van der Waals surface area contributed by atoms with Crippen LogP contribution in [0.25, 0.3) is 0 Å². The van der Waals surface area contributed by atoms with E-state index in [0.717, 1.165) is 39.1 Å². The molecule has 0 aromatic carbocycles. The van der Waals surface area contributed by atoms with Gasteiger partial charge in [-0.1, -0.05) is 11.6 Å². The lowest BCUT2D eigenvalue weighted by molar-refractivity contribution is 0.0942. The second kappa shape index (κ2) is 8.79. The highest BCUT2D eigenvalue weighted by molar-refractivity contribution is 7.10. The van der Waals surface area contributed by atoms with Gasteiger partial charge in [-0.05, 0) is 37.3 Å². The average molecular weight is 394 g/mol. The molecule has 0 saturated carbocycles. The minimum atomic E-state index is -0.251. The Kier molecular flexibility index (Phi) is 6.45. The van der Waals surface area contributed by atoms with E-state index in [1.165, 1.54) is 16.6 Å². The summed E-state index contributed by atoms with van der Waals surface area (Å²) in [6.45, 7) is 8.97. The van der Waals surface area contributed by atoms with Crippen molar-refractivity contribution in [2.24, 2.45) is 0 Å². The lowest BCUT2D eigenvalue weighted by Gasteiger charge is -2.26. The summed E-state index contributed by atoms with van der Waals surface area (Å²) in [6, 6.07) is 2.19. The summed E-state index contributed by atoms with van der Waals surface area (Å²) in [5.74, 6) is 0.282. The van der Waals surface area contributed by atoms with Crippen LogP contribution in [-0.2, 0) is 13.0 Å². The van der Waals surface area contributed by atoms with E-state index in [0.29, 0.717) is 12.5 Å². The standard InChI is InChI=1S/C18H24ClN5OS/c1-3-24(4-2)18-21-11-14(19)16(22-18)17(25)20-7-9-23-8-5-15-13(12-23)6-10-26-15/h6,10-11H,3-5,7-9,12H2,1-2H3,(H,20,25). The molecule has 6 nitrogen and oxygen atoms in total. The van der Waals surface area contributed by atoms with Crippen molar-refractivity contribution in [3.05, 3.63) is 38.8 Å². The minimum Gasteiger partial charge on any atom is -0.349 e. The Morgan fingerprint density at radius 1 is 1.42 bits per heavy atom. The van der Waals surface area contributed by atoms with Crippen LogP contribution in [0.5, 0.6) is 0 Å². The maximum atomic E-state index is 12.5. The highest BCUT2D eigenvalue weighted by Crippen LogP contribution is 2.23. The van der Waals surface area contributed by atoms with Gasteiger partial charge in [-0.3, -0.25) is 9.69 Å². The fourth-order valence-electron chi connectivity index (χ4n) is 3.08. The molecule has 3 rings (SSSR count). The van der Waals surface area contributed by atoms with Gasteiger partial charge in [0.05, 0.1) is 11.2 Å². The SMILES string of the molecule is CCN(CC)c1ncc(Cl)c(C(=O)NCCN2CCc3sccc3C2)n1. The lowest BCUT2D eigenvalue weighted by Crippen LogP contribution is -2.37. The van der Waals surface area contributed by atoms with Gasteiger partial charge in [0.1, 0.15) is 0 Å². The Hall–Kier alpha value is -1.70. The van der Waals surface area contributed by atoms with Crippen molar-refractivity contribution < 1.29 is 4.79 Å². The number of halogens is 1. The number of hydrogen-bond acceptors (Lipinski definition) is 6. The molecule has 2 aromatic heterocycles. The molecule has 1 N–H and O–H groups in total. The first-order valence-electron chi connectivity index (χ1n) is 8.95. The molecular weight excluding hydrogens is 370 g/mol. The third-order valence-corrected chi connectivity index (χ3v) is 5.89. The van der Waals surface area contributed by atoms with Crippen molar-refractivity contribution in [3.8, 4) is 0 Å². The fraction of sp³-hybridized carbons (Fsp3) is 0.500. The summed E-state index contributed by atoms with van der Waals surface area (Å²) in [5.41, 5.74) is 1.65. The number of anilines is 1. The molecule has 0 aliphatic carbocycles. The number of carbonyl (C=O) groups excluding carboxylic acids is 1. The molecule has 0 fully saturated rings. The van der Waals surface area contributed by atoms with E-state index in [4.69, 9.17) is 11.6 Å².